The Hall–Kier alpha value is -0.540. The minimum atomic E-state index is 0.395. The lowest BCUT2D eigenvalue weighted by atomic mass is 10.1. The van der Waals surface area contributed by atoms with Gasteiger partial charge in [-0.2, -0.15) is 0 Å². The van der Waals surface area contributed by atoms with Crippen LogP contribution in [-0.4, -0.2) is 20.1 Å². The van der Waals surface area contributed by atoms with E-state index in [2.05, 4.69) is 58.3 Å². The highest BCUT2D eigenvalue weighted by Crippen LogP contribution is 2.33. The van der Waals surface area contributed by atoms with Crippen molar-refractivity contribution in [1.29, 1.82) is 0 Å². The molecular weight excluding hydrogens is 288 g/mol. The number of hydrogen-bond donors (Lipinski definition) is 1. The molecule has 0 heterocycles. The third-order valence-electron chi connectivity index (χ3n) is 4.16. The lowest BCUT2D eigenvalue weighted by molar-refractivity contribution is 0.645. The second kappa shape index (κ2) is 6.07. The van der Waals surface area contributed by atoms with Gasteiger partial charge in [-0.05, 0) is 60.4 Å². The predicted molar refractivity (Wildman–Crippen MR) is 82.3 cm³/mol. The maximum atomic E-state index is 3.72. The van der Waals surface area contributed by atoms with Gasteiger partial charge < -0.3 is 10.2 Å². The number of nitrogens with one attached hydrogen (secondary N) is 1. The SMILES string of the molecule is CNC(C)c1ccc(N(C)C2CCCC2)c(Br)c1. The Morgan fingerprint density at radius 3 is 2.56 bits per heavy atom. The van der Waals surface area contributed by atoms with Gasteiger partial charge in [0.1, 0.15) is 0 Å². The average molecular weight is 311 g/mol. The summed E-state index contributed by atoms with van der Waals surface area (Å²) < 4.78 is 1.21. The molecule has 1 aliphatic carbocycles. The van der Waals surface area contributed by atoms with Crippen LogP contribution in [0.15, 0.2) is 22.7 Å². The molecule has 2 rings (SSSR count). The van der Waals surface area contributed by atoms with Crippen molar-refractivity contribution in [3.05, 3.63) is 28.2 Å². The molecule has 1 fully saturated rings. The van der Waals surface area contributed by atoms with Crippen LogP contribution >= 0.6 is 15.9 Å². The van der Waals surface area contributed by atoms with Crippen LogP contribution in [0.4, 0.5) is 5.69 Å². The first-order valence-corrected chi connectivity index (χ1v) is 7.62. The van der Waals surface area contributed by atoms with Gasteiger partial charge in [-0.25, -0.2) is 0 Å². The van der Waals surface area contributed by atoms with Crippen molar-refractivity contribution in [3.8, 4) is 0 Å². The van der Waals surface area contributed by atoms with E-state index >= 15 is 0 Å². The molecule has 100 valence electrons. The molecule has 18 heavy (non-hydrogen) atoms. The van der Waals surface area contributed by atoms with E-state index in [1.54, 1.807) is 0 Å². The van der Waals surface area contributed by atoms with Crippen LogP contribution in [0.25, 0.3) is 0 Å². The minimum Gasteiger partial charge on any atom is -0.371 e. The van der Waals surface area contributed by atoms with Gasteiger partial charge in [0.15, 0.2) is 0 Å². The van der Waals surface area contributed by atoms with Crippen molar-refractivity contribution in [2.24, 2.45) is 0 Å². The lowest BCUT2D eigenvalue weighted by Crippen LogP contribution is -2.29. The zero-order valence-corrected chi connectivity index (χ0v) is 13.1. The predicted octanol–water partition coefficient (Wildman–Crippen LogP) is 4.11. The number of halogens is 1. The minimum absolute atomic E-state index is 0.395. The van der Waals surface area contributed by atoms with Crippen molar-refractivity contribution in [3.63, 3.8) is 0 Å². The van der Waals surface area contributed by atoms with E-state index in [1.165, 1.54) is 41.4 Å². The normalized spacial score (nSPS) is 18.0. The van der Waals surface area contributed by atoms with E-state index in [-0.39, 0.29) is 0 Å². The van der Waals surface area contributed by atoms with Crippen molar-refractivity contribution in [2.75, 3.05) is 19.0 Å². The van der Waals surface area contributed by atoms with Gasteiger partial charge in [0.2, 0.25) is 0 Å². The quantitative estimate of drug-likeness (QED) is 0.900. The van der Waals surface area contributed by atoms with E-state index in [4.69, 9.17) is 0 Å². The molecule has 3 heteroatoms. The Morgan fingerprint density at radius 1 is 1.33 bits per heavy atom. The Kier molecular flexibility index (Phi) is 4.68. The molecule has 0 bridgehead atoms. The fourth-order valence-corrected chi connectivity index (χ4v) is 3.41. The van der Waals surface area contributed by atoms with Crippen LogP contribution in [0.5, 0.6) is 0 Å². The summed E-state index contributed by atoms with van der Waals surface area (Å²) in [6.45, 7) is 2.18. The second-order valence-electron chi connectivity index (χ2n) is 5.27. The molecule has 0 radical (unpaired) electrons. The topological polar surface area (TPSA) is 15.3 Å². The summed E-state index contributed by atoms with van der Waals surface area (Å²) in [4.78, 5) is 2.44. The Balaban J connectivity index is 2.18. The summed E-state index contributed by atoms with van der Waals surface area (Å²) in [5.41, 5.74) is 2.64. The molecular formula is C15H23BrN2. The maximum Gasteiger partial charge on any atom is 0.0510 e. The first kappa shape index (κ1) is 13.9. The lowest BCUT2D eigenvalue weighted by Gasteiger charge is -2.28. The van der Waals surface area contributed by atoms with Gasteiger partial charge in [-0.15, -0.1) is 0 Å². The van der Waals surface area contributed by atoms with Crippen molar-refractivity contribution in [1.82, 2.24) is 5.32 Å². The monoisotopic (exact) mass is 310 g/mol. The molecule has 1 N–H and O–H groups in total. The average Bonchev–Trinajstić information content (AvgIpc) is 2.90. The van der Waals surface area contributed by atoms with Crippen molar-refractivity contribution >= 4 is 21.6 Å². The van der Waals surface area contributed by atoms with Gasteiger partial charge in [0.05, 0.1) is 5.69 Å². The second-order valence-corrected chi connectivity index (χ2v) is 6.12. The number of anilines is 1. The zero-order chi connectivity index (χ0) is 13.1. The molecule has 0 spiro atoms. The number of benzene rings is 1. The molecule has 1 aromatic carbocycles. The Bertz CT molecular complexity index is 399. The maximum absolute atomic E-state index is 3.72. The molecule has 0 aromatic heterocycles. The summed E-state index contributed by atoms with van der Waals surface area (Å²) in [6, 6.07) is 7.82. The van der Waals surface area contributed by atoms with Gasteiger partial charge in [-0.3, -0.25) is 0 Å². The van der Waals surface area contributed by atoms with Gasteiger partial charge in [0.25, 0.3) is 0 Å². The molecule has 2 nitrogen and oxygen atoms in total. The van der Waals surface area contributed by atoms with Crippen molar-refractivity contribution < 1.29 is 0 Å². The zero-order valence-electron chi connectivity index (χ0n) is 11.5. The number of rotatable bonds is 4. The number of hydrogen-bond acceptors (Lipinski definition) is 2. The summed E-state index contributed by atoms with van der Waals surface area (Å²) >= 11 is 3.72. The van der Waals surface area contributed by atoms with E-state index in [9.17, 15) is 0 Å². The van der Waals surface area contributed by atoms with Gasteiger partial charge in [0, 0.05) is 23.6 Å². The molecule has 1 aromatic rings. The van der Waals surface area contributed by atoms with E-state index < -0.39 is 0 Å². The summed E-state index contributed by atoms with van der Waals surface area (Å²) in [5.74, 6) is 0. The highest BCUT2D eigenvalue weighted by Gasteiger charge is 2.21. The van der Waals surface area contributed by atoms with E-state index in [0.717, 1.165) is 0 Å². The fourth-order valence-electron chi connectivity index (χ4n) is 2.73. The molecule has 0 aliphatic heterocycles. The van der Waals surface area contributed by atoms with Gasteiger partial charge in [-0.1, -0.05) is 18.9 Å². The van der Waals surface area contributed by atoms with Gasteiger partial charge >= 0.3 is 0 Å². The standard InChI is InChI=1S/C15H23BrN2/c1-11(17-2)12-8-9-15(14(16)10-12)18(3)13-6-4-5-7-13/h8-11,13,17H,4-7H2,1-3H3. The molecule has 1 aliphatic rings. The van der Waals surface area contributed by atoms with Crippen LogP contribution in [-0.2, 0) is 0 Å². The molecule has 0 saturated heterocycles. The van der Waals surface area contributed by atoms with Crippen LogP contribution < -0.4 is 10.2 Å². The molecule has 1 unspecified atom stereocenters. The molecule has 1 saturated carbocycles. The summed E-state index contributed by atoms with van der Waals surface area (Å²) in [7, 11) is 4.22. The van der Waals surface area contributed by atoms with Crippen molar-refractivity contribution in [2.45, 2.75) is 44.7 Å². The fraction of sp³-hybridized carbons (Fsp3) is 0.600. The Morgan fingerprint density at radius 2 is 2.00 bits per heavy atom. The smallest absolute Gasteiger partial charge is 0.0510 e. The summed E-state index contributed by atoms with van der Waals surface area (Å²) in [5, 5.41) is 3.28. The van der Waals surface area contributed by atoms with E-state index in [0.29, 0.717) is 12.1 Å². The highest BCUT2D eigenvalue weighted by molar-refractivity contribution is 9.10. The van der Waals surface area contributed by atoms with Crippen LogP contribution in [0, 0.1) is 0 Å². The first-order chi connectivity index (χ1) is 8.63. The molecule has 1 atom stereocenters. The first-order valence-electron chi connectivity index (χ1n) is 6.83. The molecule has 0 amide bonds. The largest absolute Gasteiger partial charge is 0.371 e. The van der Waals surface area contributed by atoms with Crippen LogP contribution in [0.2, 0.25) is 0 Å². The van der Waals surface area contributed by atoms with Crippen LogP contribution in [0.1, 0.15) is 44.2 Å². The Labute approximate surface area is 119 Å². The van der Waals surface area contributed by atoms with E-state index in [1.807, 2.05) is 7.05 Å². The summed E-state index contributed by atoms with van der Waals surface area (Å²) in [6.07, 6.45) is 5.41. The third-order valence-corrected chi connectivity index (χ3v) is 4.79. The van der Waals surface area contributed by atoms with Crippen LogP contribution in [0.3, 0.4) is 0 Å². The third kappa shape index (κ3) is 2.89. The number of nitrogens with zero attached hydrogens (tertiary/aromatic N) is 1. The highest BCUT2D eigenvalue weighted by atomic mass is 79.9.